The van der Waals surface area contributed by atoms with Gasteiger partial charge in [0.1, 0.15) is 0 Å². The summed E-state index contributed by atoms with van der Waals surface area (Å²) in [5, 5.41) is 0. The van der Waals surface area contributed by atoms with Crippen LogP contribution in [0.4, 0.5) is 5.69 Å². The van der Waals surface area contributed by atoms with E-state index in [0.29, 0.717) is 12.2 Å². The van der Waals surface area contributed by atoms with E-state index in [1.54, 1.807) is 32.2 Å². The Morgan fingerprint density at radius 1 is 1.10 bits per heavy atom. The van der Waals surface area contributed by atoms with Gasteiger partial charge >= 0.3 is 0 Å². The van der Waals surface area contributed by atoms with Crippen LogP contribution in [0.1, 0.15) is 16.7 Å². The minimum absolute atomic E-state index is 0.268. The van der Waals surface area contributed by atoms with Crippen LogP contribution >= 0.6 is 0 Å². The van der Waals surface area contributed by atoms with Crippen LogP contribution in [0, 0.1) is 13.8 Å². The molecule has 0 aliphatic rings. The van der Waals surface area contributed by atoms with Gasteiger partial charge in [-0.15, -0.1) is 0 Å². The number of hydrogen-bond acceptors (Lipinski definition) is 3. The molecule has 0 heterocycles. The maximum absolute atomic E-state index is 12.6. The lowest BCUT2D eigenvalue weighted by atomic mass is 10.1. The Hall–Kier alpha value is -1.85. The SMILES string of the molecule is Cc1cccc(CN(C)S(=O)(=O)c2ccc(N)c(C)c2)c1. The summed E-state index contributed by atoms with van der Waals surface area (Å²) in [6, 6.07) is 12.6. The molecule has 0 radical (unpaired) electrons. The van der Waals surface area contributed by atoms with Gasteiger partial charge in [0.2, 0.25) is 10.0 Å². The summed E-state index contributed by atoms with van der Waals surface area (Å²) in [5.41, 5.74) is 9.18. The quantitative estimate of drug-likeness (QED) is 0.883. The minimum Gasteiger partial charge on any atom is -0.399 e. The Bertz CT molecular complexity index is 755. The van der Waals surface area contributed by atoms with E-state index in [2.05, 4.69) is 0 Å². The summed E-state index contributed by atoms with van der Waals surface area (Å²) < 4.78 is 26.5. The molecule has 2 N–H and O–H groups in total. The highest BCUT2D eigenvalue weighted by molar-refractivity contribution is 7.89. The molecule has 112 valence electrons. The lowest BCUT2D eigenvalue weighted by Gasteiger charge is -2.18. The number of nitrogens with zero attached hydrogens (tertiary/aromatic N) is 1. The van der Waals surface area contributed by atoms with Gasteiger partial charge in [-0.05, 0) is 43.2 Å². The molecule has 0 aliphatic carbocycles. The molecule has 5 heteroatoms. The lowest BCUT2D eigenvalue weighted by molar-refractivity contribution is 0.466. The van der Waals surface area contributed by atoms with Crippen LogP contribution in [0.2, 0.25) is 0 Å². The summed E-state index contributed by atoms with van der Waals surface area (Å²) >= 11 is 0. The van der Waals surface area contributed by atoms with Crippen LogP contribution in [0.15, 0.2) is 47.4 Å². The summed E-state index contributed by atoms with van der Waals surface area (Å²) in [7, 11) is -1.92. The molecule has 0 aromatic heterocycles. The zero-order chi connectivity index (χ0) is 15.6. The van der Waals surface area contributed by atoms with Crippen LogP contribution in [0.3, 0.4) is 0 Å². The molecular weight excluding hydrogens is 284 g/mol. The number of rotatable bonds is 4. The van der Waals surface area contributed by atoms with Gasteiger partial charge in [0.25, 0.3) is 0 Å². The van der Waals surface area contributed by atoms with E-state index in [0.717, 1.165) is 16.7 Å². The van der Waals surface area contributed by atoms with Crippen molar-refractivity contribution in [1.29, 1.82) is 0 Å². The second kappa shape index (κ2) is 5.87. The number of hydrogen-bond donors (Lipinski definition) is 1. The van der Waals surface area contributed by atoms with E-state index in [9.17, 15) is 8.42 Å². The monoisotopic (exact) mass is 304 g/mol. The number of nitrogens with two attached hydrogens (primary N) is 1. The Morgan fingerprint density at radius 2 is 1.81 bits per heavy atom. The molecule has 0 spiro atoms. The van der Waals surface area contributed by atoms with Crippen molar-refractivity contribution in [2.45, 2.75) is 25.3 Å². The van der Waals surface area contributed by atoms with Crippen molar-refractivity contribution in [1.82, 2.24) is 4.31 Å². The highest BCUT2D eigenvalue weighted by Gasteiger charge is 2.21. The second-order valence-corrected chi connectivity index (χ2v) is 7.31. The predicted octanol–water partition coefficient (Wildman–Crippen LogP) is 2.71. The van der Waals surface area contributed by atoms with Gasteiger partial charge in [0, 0.05) is 19.3 Å². The molecule has 2 rings (SSSR count). The topological polar surface area (TPSA) is 63.4 Å². The molecule has 0 atom stereocenters. The molecule has 21 heavy (non-hydrogen) atoms. The fourth-order valence-corrected chi connectivity index (χ4v) is 3.39. The Balaban J connectivity index is 2.28. The maximum atomic E-state index is 12.6. The van der Waals surface area contributed by atoms with E-state index >= 15 is 0 Å². The molecule has 0 bridgehead atoms. The van der Waals surface area contributed by atoms with Gasteiger partial charge < -0.3 is 5.73 Å². The van der Waals surface area contributed by atoms with Gasteiger partial charge in [-0.25, -0.2) is 8.42 Å². The molecule has 4 nitrogen and oxygen atoms in total. The predicted molar refractivity (Wildman–Crippen MR) is 85.4 cm³/mol. The number of sulfonamides is 1. The van der Waals surface area contributed by atoms with E-state index in [4.69, 9.17) is 5.73 Å². The van der Waals surface area contributed by atoms with Gasteiger partial charge in [-0.3, -0.25) is 0 Å². The minimum atomic E-state index is -3.51. The van der Waals surface area contributed by atoms with Crippen LogP contribution < -0.4 is 5.73 Å². The number of benzene rings is 2. The molecule has 0 amide bonds. The largest absolute Gasteiger partial charge is 0.399 e. The first-order valence-electron chi connectivity index (χ1n) is 6.69. The van der Waals surface area contributed by atoms with Crippen molar-refractivity contribution in [3.05, 3.63) is 59.2 Å². The van der Waals surface area contributed by atoms with Crippen molar-refractivity contribution in [3.8, 4) is 0 Å². The molecule has 0 aliphatic heterocycles. The molecule has 0 unspecified atom stereocenters. The van der Waals surface area contributed by atoms with Gasteiger partial charge in [0.15, 0.2) is 0 Å². The molecule has 2 aromatic rings. The first-order valence-corrected chi connectivity index (χ1v) is 8.13. The zero-order valence-electron chi connectivity index (χ0n) is 12.5. The van der Waals surface area contributed by atoms with E-state index < -0.39 is 10.0 Å². The van der Waals surface area contributed by atoms with E-state index in [1.165, 1.54) is 4.31 Å². The normalized spacial score (nSPS) is 11.8. The fraction of sp³-hybridized carbons (Fsp3) is 0.250. The number of aryl methyl sites for hydroxylation is 2. The summed E-state index contributed by atoms with van der Waals surface area (Å²) in [6.45, 7) is 4.13. The Morgan fingerprint density at radius 3 is 2.43 bits per heavy atom. The molecule has 2 aromatic carbocycles. The van der Waals surface area contributed by atoms with Crippen molar-refractivity contribution < 1.29 is 8.42 Å². The summed E-state index contributed by atoms with van der Waals surface area (Å²) in [4.78, 5) is 0.268. The molecule has 0 saturated heterocycles. The van der Waals surface area contributed by atoms with Crippen molar-refractivity contribution in [2.75, 3.05) is 12.8 Å². The second-order valence-electron chi connectivity index (χ2n) is 5.27. The summed E-state index contributed by atoms with van der Waals surface area (Å²) in [5.74, 6) is 0. The molecule has 0 fully saturated rings. The Labute approximate surface area is 126 Å². The van der Waals surface area contributed by atoms with Crippen LogP contribution in [0.25, 0.3) is 0 Å². The smallest absolute Gasteiger partial charge is 0.243 e. The standard InChI is InChI=1S/C16H20N2O2S/c1-12-5-4-6-14(9-12)11-18(3)21(19,20)15-7-8-16(17)13(2)10-15/h4-10H,11,17H2,1-3H3. The maximum Gasteiger partial charge on any atom is 0.243 e. The Kier molecular flexibility index (Phi) is 4.34. The third kappa shape index (κ3) is 3.43. The third-order valence-electron chi connectivity index (χ3n) is 3.44. The van der Waals surface area contributed by atoms with E-state index in [1.807, 2.05) is 31.2 Å². The van der Waals surface area contributed by atoms with Gasteiger partial charge in [0.05, 0.1) is 4.90 Å². The highest BCUT2D eigenvalue weighted by atomic mass is 32.2. The summed E-state index contributed by atoms with van der Waals surface area (Å²) in [6.07, 6.45) is 0. The van der Waals surface area contributed by atoms with Crippen LogP contribution in [-0.2, 0) is 16.6 Å². The van der Waals surface area contributed by atoms with Crippen molar-refractivity contribution in [3.63, 3.8) is 0 Å². The third-order valence-corrected chi connectivity index (χ3v) is 5.24. The van der Waals surface area contributed by atoms with Gasteiger partial charge in [-0.2, -0.15) is 4.31 Å². The van der Waals surface area contributed by atoms with E-state index in [-0.39, 0.29) is 4.90 Å². The van der Waals surface area contributed by atoms with Crippen LogP contribution in [-0.4, -0.2) is 19.8 Å². The fourth-order valence-electron chi connectivity index (χ4n) is 2.14. The van der Waals surface area contributed by atoms with Crippen molar-refractivity contribution >= 4 is 15.7 Å². The average molecular weight is 304 g/mol. The van der Waals surface area contributed by atoms with Crippen LogP contribution in [0.5, 0.6) is 0 Å². The number of nitrogen functional groups attached to an aromatic ring is 1. The zero-order valence-corrected chi connectivity index (χ0v) is 13.3. The first kappa shape index (κ1) is 15.5. The molecular formula is C16H20N2O2S. The highest BCUT2D eigenvalue weighted by Crippen LogP contribution is 2.21. The number of anilines is 1. The van der Waals surface area contributed by atoms with Gasteiger partial charge in [-0.1, -0.05) is 29.8 Å². The average Bonchev–Trinajstić information content (AvgIpc) is 2.41. The van der Waals surface area contributed by atoms with Crippen molar-refractivity contribution in [2.24, 2.45) is 0 Å². The first-order chi connectivity index (χ1) is 9.80. The molecule has 0 saturated carbocycles. The lowest BCUT2D eigenvalue weighted by Crippen LogP contribution is -2.26.